The topological polar surface area (TPSA) is 77.7 Å². The normalized spacial score (nSPS) is 23.9. The molecule has 2 aromatic heterocycles. The van der Waals surface area contributed by atoms with Gasteiger partial charge in [0.1, 0.15) is 5.52 Å². The molecular formula is C10H12N4O2S. The molecule has 3 rings (SSSR count). The number of nitrogens with zero attached hydrogens (tertiary/aromatic N) is 4. The lowest BCUT2D eigenvalue weighted by Gasteiger charge is -2.22. The van der Waals surface area contributed by atoms with E-state index in [0.717, 1.165) is 11.9 Å². The van der Waals surface area contributed by atoms with Gasteiger partial charge in [-0.2, -0.15) is 0 Å². The number of aromatic nitrogens is 4. The van der Waals surface area contributed by atoms with Crippen molar-refractivity contribution in [2.24, 2.45) is 0 Å². The number of sulfone groups is 1. The van der Waals surface area contributed by atoms with E-state index in [1.165, 1.54) is 0 Å². The van der Waals surface area contributed by atoms with Crippen molar-refractivity contribution in [3.05, 3.63) is 18.5 Å². The van der Waals surface area contributed by atoms with Crippen molar-refractivity contribution in [2.75, 3.05) is 11.5 Å². The van der Waals surface area contributed by atoms with E-state index in [2.05, 4.69) is 15.3 Å². The Balaban J connectivity index is 2.04. The van der Waals surface area contributed by atoms with Crippen LogP contribution in [-0.4, -0.2) is 39.9 Å². The van der Waals surface area contributed by atoms with E-state index in [9.17, 15) is 8.42 Å². The third kappa shape index (κ3) is 1.90. The quantitative estimate of drug-likeness (QED) is 0.741. The van der Waals surface area contributed by atoms with Gasteiger partial charge in [-0.3, -0.25) is 4.98 Å². The van der Waals surface area contributed by atoms with Crippen LogP contribution in [0.1, 0.15) is 18.9 Å². The minimum absolute atomic E-state index is 0.0962. The zero-order valence-corrected chi connectivity index (χ0v) is 9.97. The number of rotatable bonds is 1. The van der Waals surface area contributed by atoms with Crippen LogP contribution in [0.25, 0.3) is 11.0 Å². The van der Waals surface area contributed by atoms with Crippen molar-refractivity contribution in [1.82, 2.24) is 20.0 Å². The van der Waals surface area contributed by atoms with Crippen molar-refractivity contribution in [3.8, 4) is 0 Å². The van der Waals surface area contributed by atoms with Crippen LogP contribution in [-0.2, 0) is 9.84 Å². The molecule has 0 amide bonds. The number of hydrogen-bond acceptors (Lipinski definition) is 5. The number of fused-ring (bicyclic) bond motifs is 1. The Bertz CT molecular complexity index is 649. The van der Waals surface area contributed by atoms with Gasteiger partial charge in [0.05, 0.1) is 29.3 Å². The summed E-state index contributed by atoms with van der Waals surface area (Å²) in [5.41, 5.74) is 1.55. The standard InChI is InChI=1S/C10H12N4O2S/c15-17(16)5-1-2-8(7-17)14-10-3-4-11-6-9(10)12-13-14/h3-4,6,8H,1-2,5,7H2. The van der Waals surface area contributed by atoms with E-state index in [0.29, 0.717) is 11.9 Å². The van der Waals surface area contributed by atoms with Crippen molar-refractivity contribution >= 4 is 20.9 Å². The van der Waals surface area contributed by atoms with Gasteiger partial charge in [0.2, 0.25) is 0 Å². The fourth-order valence-electron chi connectivity index (χ4n) is 2.26. The molecule has 90 valence electrons. The van der Waals surface area contributed by atoms with Gasteiger partial charge >= 0.3 is 0 Å². The predicted octanol–water partition coefficient (Wildman–Crippen LogP) is 0.576. The summed E-state index contributed by atoms with van der Waals surface area (Å²) in [5, 5.41) is 8.04. The molecular weight excluding hydrogens is 240 g/mol. The van der Waals surface area contributed by atoms with E-state index < -0.39 is 9.84 Å². The third-order valence-electron chi connectivity index (χ3n) is 3.06. The molecule has 7 heteroatoms. The minimum Gasteiger partial charge on any atom is -0.262 e. The summed E-state index contributed by atoms with van der Waals surface area (Å²) in [6.45, 7) is 0. The van der Waals surface area contributed by atoms with Gasteiger partial charge in [0.15, 0.2) is 9.84 Å². The molecule has 3 heterocycles. The van der Waals surface area contributed by atoms with Crippen LogP contribution in [0.3, 0.4) is 0 Å². The molecule has 1 fully saturated rings. The summed E-state index contributed by atoms with van der Waals surface area (Å²) in [5.74, 6) is 0.450. The average molecular weight is 252 g/mol. The van der Waals surface area contributed by atoms with E-state index in [4.69, 9.17) is 0 Å². The van der Waals surface area contributed by atoms with Crippen LogP contribution in [0.15, 0.2) is 18.5 Å². The van der Waals surface area contributed by atoms with Crippen molar-refractivity contribution < 1.29 is 8.42 Å². The molecule has 1 aliphatic heterocycles. The Morgan fingerprint density at radius 2 is 2.29 bits per heavy atom. The molecule has 6 nitrogen and oxygen atoms in total. The Morgan fingerprint density at radius 1 is 1.41 bits per heavy atom. The highest BCUT2D eigenvalue weighted by Crippen LogP contribution is 2.25. The third-order valence-corrected chi connectivity index (χ3v) is 4.86. The Morgan fingerprint density at radius 3 is 3.12 bits per heavy atom. The van der Waals surface area contributed by atoms with Crippen molar-refractivity contribution in [3.63, 3.8) is 0 Å². The van der Waals surface area contributed by atoms with Crippen LogP contribution in [0.5, 0.6) is 0 Å². The zero-order chi connectivity index (χ0) is 11.9. The highest BCUT2D eigenvalue weighted by molar-refractivity contribution is 7.91. The van der Waals surface area contributed by atoms with Crippen molar-refractivity contribution in [1.29, 1.82) is 0 Å². The second kappa shape index (κ2) is 3.76. The number of hydrogen-bond donors (Lipinski definition) is 0. The SMILES string of the molecule is O=S1(=O)CCCC(n2nnc3cnccc32)C1. The Hall–Kier alpha value is -1.50. The maximum Gasteiger partial charge on any atom is 0.152 e. The van der Waals surface area contributed by atoms with Crippen LogP contribution >= 0.6 is 0 Å². The molecule has 17 heavy (non-hydrogen) atoms. The molecule has 1 aliphatic rings. The van der Waals surface area contributed by atoms with Crippen molar-refractivity contribution in [2.45, 2.75) is 18.9 Å². The smallest absolute Gasteiger partial charge is 0.152 e. The first-order chi connectivity index (χ1) is 8.16. The summed E-state index contributed by atoms with van der Waals surface area (Å²) < 4.78 is 25.0. The summed E-state index contributed by atoms with van der Waals surface area (Å²) in [7, 11) is -2.93. The van der Waals surface area contributed by atoms with Crippen LogP contribution < -0.4 is 0 Å². The maximum atomic E-state index is 11.6. The summed E-state index contributed by atoms with van der Waals surface area (Å²) in [4.78, 5) is 3.97. The zero-order valence-electron chi connectivity index (χ0n) is 9.15. The van der Waals surface area contributed by atoms with Gasteiger partial charge in [0, 0.05) is 6.20 Å². The van der Waals surface area contributed by atoms with Gasteiger partial charge in [-0.05, 0) is 18.9 Å². The Labute approximate surface area is 98.6 Å². The molecule has 1 saturated heterocycles. The largest absolute Gasteiger partial charge is 0.262 e. The molecule has 0 bridgehead atoms. The molecule has 1 atom stereocenters. The van der Waals surface area contributed by atoms with Crippen LogP contribution in [0.2, 0.25) is 0 Å². The molecule has 2 aromatic rings. The Kier molecular flexibility index (Phi) is 2.36. The molecule has 0 radical (unpaired) electrons. The monoisotopic (exact) mass is 252 g/mol. The van der Waals surface area contributed by atoms with Gasteiger partial charge in [-0.25, -0.2) is 13.1 Å². The summed E-state index contributed by atoms with van der Waals surface area (Å²) in [6.07, 6.45) is 4.83. The molecule has 1 unspecified atom stereocenters. The fraction of sp³-hybridized carbons (Fsp3) is 0.500. The predicted molar refractivity (Wildman–Crippen MR) is 62.2 cm³/mol. The second-order valence-electron chi connectivity index (χ2n) is 4.31. The maximum absolute atomic E-state index is 11.6. The van der Waals surface area contributed by atoms with Crippen LogP contribution in [0.4, 0.5) is 0 Å². The highest BCUT2D eigenvalue weighted by Gasteiger charge is 2.27. The van der Waals surface area contributed by atoms with Gasteiger partial charge in [0.25, 0.3) is 0 Å². The van der Waals surface area contributed by atoms with Gasteiger partial charge < -0.3 is 0 Å². The first kappa shape index (κ1) is 10.6. The first-order valence-corrected chi connectivity index (χ1v) is 7.33. The summed E-state index contributed by atoms with van der Waals surface area (Å²) in [6, 6.07) is 1.72. The van der Waals surface area contributed by atoms with E-state index in [-0.39, 0.29) is 17.5 Å². The lowest BCUT2D eigenvalue weighted by atomic mass is 10.2. The minimum atomic E-state index is -2.93. The van der Waals surface area contributed by atoms with E-state index in [1.54, 1.807) is 17.1 Å². The van der Waals surface area contributed by atoms with E-state index in [1.807, 2.05) is 6.07 Å². The number of pyridine rings is 1. The van der Waals surface area contributed by atoms with Gasteiger partial charge in [-0.15, -0.1) is 5.10 Å². The lowest BCUT2D eigenvalue weighted by Crippen LogP contribution is -2.28. The molecule has 0 spiro atoms. The average Bonchev–Trinajstić information content (AvgIpc) is 2.71. The molecule has 0 saturated carbocycles. The summed E-state index contributed by atoms with van der Waals surface area (Å²) >= 11 is 0. The second-order valence-corrected chi connectivity index (χ2v) is 6.54. The van der Waals surface area contributed by atoms with E-state index >= 15 is 0 Å². The highest BCUT2D eigenvalue weighted by atomic mass is 32.2. The molecule has 0 aromatic carbocycles. The van der Waals surface area contributed by atoms with Crippen LogP contribution in [0, 0.1) is 0 Å². The van der Waals surface area contributed by atoms with Gasteiger partial charge in [-0.1, -0.05) is 5.21 Å². The molecule has 0 N–H and O–H groups in total. The first-order valence-electron chi connectivity index (χ1n) is 5.51. The molecule has 0 aliphatic carbocycles. The lowest BCUT2D eigenvalue weighted by molar-refractivity contribution is 0.436. The fourth-order valence-corrected chi connectivity index (χ4v) is 3.92.